The van der Waals surface area contributed by atoms with Gasteiger partial charge >= 0.3 is 0 Å². The van der Waals surface area contributed by atoms with Crippen molar-refractivity contribution in [3.05, 3.63) is 43.0 Å². The Morgan fingerprint density at radius 2 is 1.81 bits per heavy atom. The molecule has 0 spiro atoms. The topological polar surface area (TPSA) is 40.5 Å². The summed E-state index contributed by atoms with van der Waals surface area (Å²) in [5, 5.41) is 20.7. The van der Waals surface area contributed by atoms with Crippen LogP contribution in [-0.2, 0) is 0 Å². The lowest BCUT2D eigenvalue weighted by Crippen LogP contribution is -2.49. The highest BCUT2D eigenvalue weighted by Gasteiger charge is 2.37. The second-order valence-electron chi connectivity index (χ2n) is 6.50. The smallest absolute Gasteiger partial charge is 0.0877 e. The van der Waals surface area contributed by atoms with Gasteiger partial charge in [0.15, 0.2) is 0 Å². The van der Waals surface area contributed by atoms with Crippen LogP contribution in [-0.4, -0.2) is 31.0 Å². The fraction of sp³-hybridized carbons (Fsp3) is 0.556. The van der Waals surface area contributed by atoms with E-state index in [1.807, 2.05) is 12.1 Å². The minimum absolute atomic E-state index is 0.197. The number of unbranched alkanes of at least 4 members (excludes halogenated alkanes) is 1. The third kappa shape index (κ3) is 4.80. The lowest BCUT2D eigenvalue weighted by molar-refractivity contribution is 0.103. The first-order valence-corrected chi connectivity index (χ1v) is 11.0. The van der Waals surface area contributed by atoms with Crippen LogP contribution >= 0.6 is 0 Å². The fourth-order valence-electron chi connectivity index (χ4n) is 3.19. The van der Waals surface area contributed by atoms with E-state index >= 15 is 0 Å². The van der Waals surface area contributed by atoms with Gasteiger partial charge in [0.2, 0.25) is 0 Å². The first kappa shape index (κ1) is 18.1. The number of benzene rings is 1. The van der Waals surface area contributed by atoms with Crippen molar-refractivity contribution < 1.29 is 10.2 Å². The van der Waals surface area contributed by atoms with Crippen LogP contribution in [0.15, 0.2) is 43.0 Å². The van der Waals surface area contributed by atoms with Crippen molar-refractivity contribution in [2.75, 3.05) is 6.61 Å². The maximum absolute atomic E-state index is 10.4. The molecular formula is C18H30O2Si. The Morgan fingerprint density at radius 3 is 2.33 bits per heavy atom. The molecule has 21 heavy (non-hydrogen) atoms. The zero-order valence-corrected chi connectivity index (χ0v) is 14.6. The summed E-state index contributed by atoms with van der Waals surface area (Å²) < 4.78 is 0. The number of rotatable bonds is 9. The van der Waals surface area contributed by atoms with E-state index in [9.17, 15) is 5.11 Å². The van der Waals surface area contributed by atoms with E-state index in [2.05, 4.69) is 50.9 Å². The molecule has 1 rings (SSSR count). The van der Waals surface area contributed by atoms with Crippen molar-refractivity contribution in [1.82, 2.24) is 0 Å². The molecule has 0 bridgehead atoms. The molecule has 3 atom stereocenters. The zero-order valence-electron chi connectivity index (χ0n) is 13.6. The molecule has 0 amide bonds. The Balaban J connectivity index is 2.83. The first-order chi connectivity index (χ1) is 9.95. The predicted molar refractivity (Wildman–Crippen MR) is 93.6 cm³/mol. The first-order valence-electron chi connectivity index (χ1n) is 7.92. The largest absolute Gasteiger partial charge is 0.396 e. The van der Waals surface area contributed by atoms with Gasteiger partial charge in [-0.3, -0.25) is 0 Å². The van der Waals surface area contributed by atoms with Gasteiger partial charge < -0.3 is 10.2 Å². The monoisotopic (exact) mass is 306 g/mol. The second-order valence-corrected chi connectivity index (χ2v) is 11.2. The third-order valence-corrected chi connectivity index (χ3v) is 8.94. The molecule has 1 aromatic carbocycles. The molecule has 1 aromatic rings. The summed E-state index contributed by atoms with van der Waals surface area (Å²) in [6.07, 6.45) is 4.11. The minimum Gasteiger partial charge on any atom is -0.396 e. The van der Waals surface area contributed by atoms with E-state index in [-0.39, 0.29) is 18.6 Å². The van der Waals surface area contributed by atoms with E-state index in [4.69, 9.17) is 5.11 Å². The van der Waals surface area contributed by atoms with Crippen LogP contribution in [0, 0.1) is 5.92 Å². The quantitative estimate of drug-likeness (QED) is 0.417. The molecule has 0 heterocycles. The summed E-state index contributed by atoms with van der Waals surface area (Å²) in [4.78, 5) is 0. The van der Waals surface area contributed by atoms with Gasteiger partial charge in [0.1, 0.15) is 0 Å². The molecule has 3 unspecified atom stereocenters. The molecular weight excluding hydrogens is 276 g/mol. The summed E-state index contributed by atoms with van der Waals surface area (Å²) in [6, 6.07) is 10.6. The van der Waals surface area contributed by atoms with Gasteiger partial charge in [0.05, 0.1) is 14.2 Å². The van der Waals surface area contributed by atoms with Crippen molar-refractivity contribution in [3.63, 3.8) is 0 Å². The molecule has 2 N–H and O–H groups in total. The number of hydrogen-bond acceptors (Lipinski definition) is 2. The summed E-state index contributed by atoms with van der Waals surface area (Å²) in [5.41, 5.74) is 0.337. The van der Waals surface area contributed by atoms with Crippen molar-refractivity contribution in [1.29, 1.82) is 0 Å². The molecule has 0 radical (unpaired) electrons. The number of aliphatic hydroxyl groups excluding tert-OH is 2. The lowest BCUT2D eigenvalue weighted by atomic mass is 9.96. The normalized spacial score (nSPS) is 16.2. The Morgan fingerprint density at radius 1 is 1.19 bits per heavy atom. The highest BCUT2D eigenvalue weighted by molar-refractivity contribution is 6.91. The van der Waals surface area contributed by atoms with Gasteiger partial charge in [0.25, 0.3) is 0 Å². The van der Waals surface area contributed by atoms with Crippen molar-refractivity contribution in [2.24, 2.45) is 5.92 Å². The molecule has 0 aliphatic rings. The number of hydrogen-bond donors (Lipinski definition) is 2. The van der Waals surface area contributed by atoms with Gasteiger partial charge in [-0.1, -0.05) is 61.6 Å². The SMILES string of the molecule is C=CC(C(C)C(O)CCCCO)[Si](C)(C)c1ccccc1. The van der Waals surface area contributed by atoms with E-state index in [0.717, 1.165) is 19.3 Å². The Labute approximate surface area is 130 Å². The molecule has 3 heteroatoms. The van der Waals surface area contributed by atoms with Crippen LogP contribution < -0.4 is 5.19 Å². The predicted octanol–water partition coefficient (Wildman–Crippen LogP) is 3.32. The summed E-state index contributed by atoms with van der Waals surface area (Å²) >= 11 is 0. The second kappa shape index (κ2) is 8.52. The maximum atomic E-state index is 10.4. The lowest BCUT2D eigenvalue weighted by Gasteiger charge is -2.37. The number of aliphatic hydroxyl groups is 2. The van der Waals surface area contributed by atoms with E-state index < -0.39 is 8.07 Å². The Bertz CT molecular complexity index is 416. The standard InChI is InChI=1S/C18H30O2Si/c1-5-18(15(2)17(20)13-9-10-14-19)21(3,4)16-11-7-6-8-12-16/h5-8,11-12,15,17-20H,1,9-10,13-14H2,2-4H3. The van der Waals surface area contributed by atoms with Gasteiger partial charge in [-0.2, -0.15) is 0 Å². The van der Waals surface area contributed by atoms with Crippen LogP contribution in [0.25, 0.3) is 0 Å². The fourth-order valence-corrected chi connectivity index (χ4v) is 6.76. The summed E-state index contributed by atoms with van der Waals surface area (Å²) in [7, 11) is -1.71. The summed E-state index contributed by atoms with van der Waals surface area (Å²) in [6.45, 7) is 11.1. The molecule has 0 fully saturated rings. The highest BCUT2D eigenvalue weighted by Crippen LogP contribution is 2.34. The van der Waals surface area contributed by atoms with E-state index in [0.29, 0.717) is 5.54 Å². The van der Waals surface area contributed by atoms with Gasteiger partial charge in [-0.05, 0) is 30.7 Å². The zero-order chi connectivity index (χ0) is 15.9. The number of allylic oxidation sites excluding steroid dienone is 1. The van der Waals surface area contributed by atoms with Crippen LogP contribution in [0.4, 0.5) is 0 Å². The average molecular weight is 307 g/mol. The van der Waals surface area contributed by atoms with Gasteiger partial charge in [-0.15, -0.1) is 6.58 Å². The molecule has 0 saturated heterocycles. The van der Waals surface area contributed by atoms with Crippen LogP contribution in [0.2, 0.25) is 18.6 Å². The average Bonchev–Trinajstić information content (AvgIpc) is 2.48. The van der Waals surface area contributed by atoms with E-state index in [1.165, 1.54) is 5.19 Å². The molecule has 0 aliphatic heterocycles. The van der Waals surface area contributed by atoms with E-state index in [1.54, 1.807) is 0 Å². The molecule has 118 valence electrons. The molecule has 0 saturated carbocycles. The van der Waals surface area contributed by atoms with Gasteiger partial charge in [0, 0.05) is 6.61 Å². The van der Waals surface area contributed by atoms with Crippen LogP contribution in [0.3, 0.4) is 0 Å². The summed E-state index contributed by atoms with van der Waals surface area (Å²) in [5.74, 6) is 0.197. The van der Waals surface area contributed by atoms with Crippen LogP contribution in [0.1, 0.15) is 26.2 Å². The Hall–Kier alpha value is -0.903. The van der Waals surface area contributed by atoms with Crippen molar-refractivity contribution in [2.45, 2.75) is 50.9 Å². The highest BCUT2D eigenvalue weighted by atomic mass is 28.3. The van der Waals surface area contributed by atoms with Crippen molar-refractivity contribution >= 4 is 13.3 Å². The molecule has 0 aromatic heterocycles. The molecule has 0 aliphatic carbocycles. The van der Waals surface area contributed by atoms with Crippen LogP contribution in [0.5, 0.6) is 0 Å². The minimum atomic E-state index is -1.71. The maximum Gasteiger partial charge on any atom is 0.0877 e. The van der Waals surface area contributed by atoms with Crippen molar-refractivity contribution in [3.8, 4) is 0 Å². The third-order valence-electron chi connectivity index (χ3n) is 4.69. The Kier molecular flexibility index (Phi) is 7.36. The molecule has 2 nitrogen and oxygen atoms in total. The van der Waals surface area contributed by atoms with Gasteiger partial charge in [-0.25, -0.2) is 0 Å².